The Morgan fingerprint density at radius 2 is 2.17 bits per heavy atom. The van der Waals surface area contributed by atoms with Gasteiger partial charge in [0, 0.05) is 0 Å². The third kappa shape index (κ3) is 3.84. The minimum absolute atomic E-state index is 0.0286. The molecular formula is C13H17FN2O2. The van der Waals surface area contributed by atoms with E-state index in [0.717, 1.165) is 6.42 Å². The van der Waals surface area contributed by atoms with Crippen LogP contribution in [0, 0.1) is 5.82 Å². The van der Waals surface area contributed by atoms with E-state index in [0.29, 0.717) is 0 Å². The molecule has 1 rings (SSSR count). The number of hydrogen-bond acceptors (Lipinski definition) is 3. The van der Waals surface area contributed by atoms with Crippen LogP contribution in [0.4, 0.5) is 4.39 Å². The van der Waals surface area contributed by atoms with E-state index >= 15 is 0 Å². The molecule has 1 atom stereocenters. The molecule has 0 radical (unpaired) electrons. The molecular weight excluding hydrogens is 235 g/mol. The number of aliphatic imine (C=N–C) groups is 1. The van der Waals surface area contributed by atoms with E-state index in [1.54, 1.807) is 6.07 Å². The average Bonchev–Trinajstić information content (AvgIpc) is 2.38. The summed E-state index contributed by atoms with van der Waals surface area (Å²) in [5.74, 6) is -1.15. The van der Waals surface area contributed by atoms with E-state index in [1.807, 2.05) is 13.8 Å². The number of rotatable bonds is 3. The summed E-state index contributed by atoms with van der Waals surface area (Å²) < 4.78 is 18.3. The summed E-state index contributed by atoms with van der Waals surface area (Å²) in [7, 11) is 1.41. The molecule has 5 heteroatoms. The fraction of sp³-hybridized carbons (Fsp3) is 0.385. The predicted octanol–water partition coefficient (Wildman–Crippen LogP) is 2.36. The highest BCUT2D eigenvalue weighted by Crippen LogP contribution is 2.06. The lowest BCUT2D eigenvalue weighted by Crippen LogP contribution is -2.33. The van der Waals surface area contributed by atoms with Crippen LogP contribution in [0.3, 0.4) is 0 Å². The summed E-state index contributed by atoms with van der Waals surface area (Å²) in [5.41, 5.74) is -0.0357. The Morgan fingerprint density at radius 1 is 1.50 bits per heavy atom. The Labute approximate surface area is 106 Å². The van der Waals surface area contributed by atoms with Gasteiger partial charge in [0.25, 0.3) is 11.9 Å². The number of carbonyl (C=O) groups excluding carboxylic acids is 1. The monoisotopic (exact) mass is 252 g/mol. The van der Waals surface area contributed by atoms with Crippen molar-refractivity contribution in [3.05, 3.63) is 35.6 Å². The van der Waals surface area contributed by atoms with Crippen LogP contribution >= 0.6 is 0 Å². The van der Waals surface area contributed by atoms with Crippen molar-refractivity contribution in [3.63, 3.8) is 0 Å². The first-order valence-corrected chi connectivity index (χ1v) is 5.76. The van der Waals surface area contributed by atoms with Crippen molar-refractivity contribution < 1.29 is 13.9 Å². The van der Waals surface area contributed by atoms with Crippen molar-refractivity contribution >= 4 is 11.9 Å². The van der Waals surface area contributed by atoms with Gasteiger partial charge in [-0.05, 0) is 25.5 Å². The van der Waals surface area contributed by atoms with Gasteiger partial charge in [-0.2, -0.15) is 0 Å². The molecule has 0 saturated carbocycles. The van der Waals surface area contributed by atoms with Gasteiger partial charge in [-0.1, -0.05) is 19.1 Å². The lowest BCUT2D eigenvalue weighted by atomic mass is 10.2. The molecule has 0 unspecified atom stereocenters. The van der Waals surface area contributed by atoms with Crippen LogP contribution in [0.25, 0.3) is 0 Å². The highest BCUT2D eigenvalue weighted by Gasteiger charge is 2.13. The summed E-state index contributed by atoms with van der Waals surface area (Å²) in [4.78, 5) is 15.9. The molecule has 0 spiro atoms. The van der Waals surface area contributed by atoms with Crippen LogP contribution in [0.15, 0.2) is 29.3 Å². The number of ether oxygens (including phenoxy) is 1. The van der Waals surface area contributed by atoms with Crippen LogP contribution < -0.4 is 5.32 Å². The highest BCUT2D eigenvalue weighted by atomic mass is 19.1. The number of nitrogens with one attached hydrogen (secondary N) is 1. The van der Waals surface area contributed by atoms with Crippen molar-refractivity contribution in [3.8, 4) is 0 Å². The van der Waals surface area contributed by atoms with Crippen molar-refractivity contribution in [2.45, 2.75) is 26.3 Å². The zero-order valence-corrected chi connectivity index (χ0v) is 10.7. The molecule has 0 heterocycles. The van der Waals surface area contributed by atoms with Crippen LogP contribution in [0.2, 0.25) is 0 Å². The summed E-state index contributed by atoms with van der Waals surface area (Å²) in [6.45, 7) is 3.87. The number of hydrogen-bond donors (Lipinski definition) is 1. The molecule has 0 fully saturated rings. The van der Waals surface area contributed by atoms with Gasteiger partial charge in [0.15, 0.2) is 0 Å². The molecule has 4 nitrogen and oxygen atoms in total. The van der Waals surface area contributed by atoms with Crippen molar-refractivity contribution in [2.24, 2.45) is 4.99 Å². The fourth-order valence-electron chi connectivity index (χ4n) is 1.24. The van der Waals surface area contributed by atoms with E-state index in [2.05, 4.69) is 10.3 Å². The molecule has 0 bridgehead atoms. The van der Waals surface area contributed by atoms with Gasteiger partial charge in [0.1, 0.15) is 5.82 Å². The normalized spacial score (nSPS) is 13.0. The number of amides is 1. The highest BCUT2D eigenvalue weighted by molar-refractivity contribution is 6.04. The fourth-order valence-corrected chi connectivity index (χ4v) is 1.24. The van der Waals surface area contributed by atoms with Crippen LogP contribution in [0.5, 0.6) is 0 Å². The smallest absolute Gasteiger partial charge is 0.291 e. The maximum atomic E-state index is 13.4. The quantitative estimate of drug-likeness (QED) is 0.663. The molecule has 1 aromatic carbocycles. The van der Waals surface area contributed by atoms with Crippen LogP contribution in [-0.4, -0.2) is 25.1 Å². The minimum Gasteiger partial charge on any atom is -0.468 e. The zero-order valence-electron chi connectivity index (χ0n) is 10.7. The van der Waals surface area contributed by atoms with E-state index in [-0.39, 0.29) is 17.6 Å². The van der Waals surface area contributed by atoms with Crippen LogP contribution in [0.1, 0.15) is 30.6 Å². The van der Waals surface area contributed by atoms with Crippen molar-refractivity contribution in [2.75, 3.05) is 7.11 Å². The number of benzene rings is 1. The van der Waals surface area contributed by atoms with Crippen molar-refractivity contribution in [1.29, 1.82) is 0 Å². The molecule has 0 saturated heterocycles. The molecule has 1 aromatic rings. The van der Waals surface area contributed by atoms with Crippen molar-refractivity contribution in [1.82, 2.24) is 5.32 Å². The summed E-state index contributed by atoms with van der Waals surface area (Å²) in [6.07, 6.45) is 0.822. The number of nitrogens with zero attached hydrogens (tertiary/aromatic N) is 1. The maximum Gasteiger partial charge on any atom is 0.291 e. The summed E-state index contributed by atoms with van der Waals surface area (Å²) in [6, 6.07) is 5.87. The Morgan fingerprint density at radius 3 is 2.72 bits per heavy atom. The topological polar surface area (TPSA) is 50.7 Å². The number of halogens is 1. The molecule has 98 valence electrons. The second-order valence-electron chi connectivity index (χ2n) is 3.83. The predicted molar refractivity (Wildman–Crippen MR) is 68.1 cm³/mol. The first-order valence-electron chi connectivity index (χ1n) is 5.76. The lowest BCUT2D eigenvalue weighted by molar-refractivity contribution is 0.0964. The van der Waals surface area contributed by atoms with E-state index < -0.39 is 11.7 Å². The lowest BCUT2D eigenvalue weighted by Gasteiger charge is -2.10. The van der Waals surface area contributed by atoms with E-state index in [1.165, 1.54) is 25.3 Å². The van der Waals surface area contributed by atoms with Gasteiger partial charge in [0.05, 0.1) is 18.7 Å². The Kier molecular flexibility index (Phi) is 5.30. The molecule has 1 amide bonds. The Hall–Kier alpha value is -1.91. The molecule has 0 aromatic heterocycles. The molecule has 1 N–H and O–H groups in total. The molecule has 0 aliphatic carbocycles. The molecule has 18 heavy (non-hydrogen) atoms. The Balaban J connectivity index is 2.81. The minimum atomic E-state index is -0.575. The number of amidine groups is 1. The van der Waals surface area contributed by atoms with E-state index in [4.69, 9.17) is 4.74 Å². The Bertz CT molecular complexity index is 446. The standard InChI is InChI=1S/C13H17FN2O2/c1-4-9(2)15-13(18-3)16-12(17)10-7-5-6-8-11(10)14/h5-9H,4H2,1-3H3,(H,15,16,17)/t9-/m0/s1. The van der Waals surface area contributed by atoms with Crippen LogP contribution in [-0.2, 0) is 4.74 Å². The molecule has 0 aliphatic heterocycles. The zero-order chi connectivity index (χ0) is 13.5. The van der Waals surface area contributed by atoms with Gasteiger partial charge in [-0.3, -0.25) is 10.1 Å². The number of methoxy groups -OCH3 is 1. The average molecular weight is 252 g/mol. The van der Waals surface area contributed by atoms with Gasteiger partial charge in [-0.15, -0.1) is 0 Å². The summed E-state index contributed by atoms with van der Waals surface area (Å²) >= 11 is 0. The third-order valence-corrected chi connectivity index (χ3v) is 2.46. The first kappa shape index (κ1) is 14.2. The molecule has 0 aliphatic rings. The second kappa shape index (κ2) is 6.74. The van der Waals surface area contributed by atoms with Gasteiger partial charge < -0.3 is 4.74 Å². The maximum absolute atomic E-state index is 13.4. The largest absolute Gasteiger partial charge is 0.468 e. The second-order valence-corrected chi connectivity index (χ2v) is 3.83. The van der Waals surface area contributed by atoms with Gasteiger partial charge in [-0.25, -0.2) is 9.38 Å². The SMILES string of the molecule is CC[C@H](C)N=C(NC(=O)c1ccccc1F)OC. The van der Waals surface area contributed by atoms with Gasteiger partial charge >= 0.3 is 0 Å². The van der Waals surface area contributed by atoms with E-state index in [9.17, 15) is 9.18 Å². The third-order valence-electron chi connectivity index (χ3n) is 2.46. The van der Waals surface area contributed by atoms with Gasteiger partial charge in [0.2, 0.25) is 0 Å². The number of carbonyl (C=O) groups is 1. The first-order chi connectivity index (χ1) is 8.58. The summed E-state index contributed by atoms with van der Waals surface area (Å²) in [5, 5.41) is 2.44.